The van der Waals surface area contributed by atoms with E-state index in [2.05, 4.69) is 26.1 Å². The predicted molar refractivity (Wildman–Crippen MR) is 168 cm³/mol. The summed E-state index contributed by atoms with van der Waals surface area (Å²) in [5.41, 5.74) is 5.25. The van der Waals surface area contributed by atoms with Gasteiger partial charge in [-0.2, -0.15) is 0 Å². The third kappa shape index (κ3) is 11.1. The molecule has 1 aliphatic rings. The Labute approximate surface area is 251 Å². The third-order valence-corrected chi connectivity index (χ3v) is 6.88. The van der Waals surface area contributed by atoms with Crippen LogP contribution in [0.1, 0.15) is 70.2 Å². The van der Waals surface area contributed by atoms with Crippen molar-refractivity contribution in [3.63, 3.8) is 0 Å². The standard InChI is InChI=1S/C27H39N3O4.C6H12O2/c1-16(2)15-34-27(33)25(20(7)31)28-13-21-10-9-18(5)23(12-21)29-24(17(3)4)22-11-19(6)26(32)30(8)14-22;1-2-6-5-7-3-4-8-6/h9-12,14,16-17,20,25,28,31H,13,15H2,1-8H3;6H,2-5H2,1H3. The molecule has 3 atom stereocenters. The average Bonchev–Trinajstić information content (AvgIpc) is 2.95. The van der Waals surface area contributed by atoms with E-state index in [0.29, 0.717) is 24.8 Å². The van der Waals surface area contributed by atoms with Crippen molar-refractivity contribution in [2.75, 3.05) is 26.4 Å². The van der Waals surface area contributed by atoms with E-state index in [1.54, 1.807) is 18.5 Å². The van der Waals surface area contributed by atoms with Crippen LogP contribution in [0.15, 0.2) is 40.2 Å². The van der Waals surface area contributed by atoms with Crippen LogP contribution in [0, 0.1) is 25.7 Å². The number of aliphatic hydroxyl groups is 1. The zero-order valence-electron chi connectivity index (χ0n) is 26.9. The minimum Gasteiger partial charge on any atom is -0.464 e. The summed E-state index contributed by atoms with van der Waals surface area (Å²) in [6.07, 6.45) is 2.37. The molecule has 3 rings (SSSR count). The van der Waals surface area contributed by atoms with Gasteiger partial charge in [0.05, 0.1) is 50.0 Å². The smallest absolute Gasteiger partial charge is 0.325 e. The Morgan fingerprint density at radius 1 is 1.14 bits per heavy atom. The number of hydrogen-bond acceptors (Lipinski definition) is 8. The fourth-order valence-electron chi connectivity index (χ4n) is 4.35. The first-order chi connectivity index (χ1) is 19.8. The quantitative estimate of drug-likeness (QED) is 0.292. The van der Waals surface area contributed by atoms with E-state index < -0.39 is 18.1 Å². The lowest BCUT2D eigenvalue weighted by molar-refractivity contribution is -0.150. The molecule has 9 nitrogen and oxygen atoms in total. The summed E-state index contributed by atoms with van der Waals surface area (Å²) >= 11 is 0. The Kier molecular flexibility index (Phi) is 14.6. The van der Waals surface area contributed by atoms with Crippen LogP contribution >= 0.6 is 0 Å². The number of rotatable bonds is 11. The number of ether oxygens (including phenoxy) is 3. The molecule has 1 saturated heterocycles. The Morgan fingerprint density at radius 3 is 2.38 bits per heavy atom. The highest BCUT2D eigenvalue weighted by Crippen LogP contribution is 2.24. The zero-order chi connectivity index (χ0) is 31.4. The first-order valence-corrected chi connectivity index (χ1v) is 15.0. The minimum absolute atomic E-state index is 0.0179. The van der Waals surface area contributed by atoms with E-state index in [0.717, 1.165) is 54.3 Å². The number of aryl methyl sites for hydroxylation is 3. The van der Waals surface area contributed by atoms with Gasteiger partial charge in [-0.15, -0.1) is 0 Å². The van der Waals surface area contributed by atoms with Gasteiger partial charge in [-0.05, 0) is 62.3 Å². The SMILES string of the molecule is CCC1COCCO1.Cc1ccc(CNC(C(=O)OCC(C)C)C(C)O)cc1N=C(c1cc(C)c(=O)n(C)c1)C(C)C. The molecule has 1 fully saturated rings. The van der Waals surface area contributed by atoms with Crippen molar-refractivity contribution in [2.24, 2.45) is 23.9 Å². The molecule has 2 N–H and O–H groups in total. The fraction of sp³-hybridized carbons (Fsp3) is 0.606. The first kappa shape index (κ1) is 35.3. The topological polar surface area (TPSA) is 111 Å². The van der Waals surface area contributed by atoms with Gasteiger partial charge in [0, 0.05) is 30.9 Å². The third-order valence-electron chi connectivity index (χ3n) is 6.88. The number of hydrogen-bond donors (Lipinski definition) is 2. The summed E-state index contributed by atoms with van der Waals surface area (Å²) in [6.45, 7) is 18.6. The molecule has 1 aliphatic heterocycles. The van der Waals surface area contributed by atoms with E-state index in [1.807, 2.05) is 58.2 Å². The van der Waals surface area contributed by atoms with E-state index in [4.69, 9.17) is 19.2 Å². The van der Waals surface area contributed by atoms with Gasteiger partial charge in [0.25, 0.3) is 5.56 Å². The monoisotopic (exact) mass is 585 g/mol. The van der Waals surface area contributed by atoms with Crippen LogP contribution in [-0.2, 0) is 32.6 Å². The van der Waals surface area contributed by atoms with Crippen LogP contribution in [0.3, 0.4) is 0 Å². The van der Waals surface area contributed by atoms with Crippen LogP contribution in [0.4, 0.5) is 5.69 Å². The normalized spacial score (nSPS) is 17.0. The number of nitrogens with one attached hydrogen (secondary N) is 1. The van der Waals surface area contributed by atoms with Crippen LogP contribution in [-0.4, -0.2) is 66.0 Å². The van der Waals surface area contributed by atoms with Crippen molar-refractivity contribution in [1.82, 2.24) is 9.88 Å². The molecule has 0 spiro atoms. The Hall–Kier alpha value is -2.85. The van der Waals surface area contributed by atoms with Crippen molar-refractivity contribution < 1.29 is 24.1 Å². The number of esters is 1. The molecule has 2 heterocycles. The van der Waals surface area contributed by atoms with E-state index in [-0.39, 0.29) is 17.4 Å². The van der Waals surface area contributed by atoms with Crippen molar-refractivity contribution in [2.45, 2.75) is 86.6 Å². The molecular formula is C33H51N3O6. The fourth-order valence-corrected chi connectivity index (χ4v) is 4.35. The second kappa shape index (κ2) is 17.3. The zero-order valence-corrected chi connectivity index (χ0v) is 26.9. The van der Waals surface area contributed by atoms with E-state index in [9.17, 15) is 14.7 Å². The molecule has 1 aromatic heterocycles. The van der Waals surface area contributed by atoms with Crippen molar-refractivity contribution >= 4 is 17.4 Å². The van der Waals surface area contributed by atoms with E-state index >= 15 is 0 Å². The predicted octanol–water partition coefficient (Wildman–Crippen LogP) is 4.63. The molecule has 0 aliphatic carbocycles. The summed E-state index contributed by atoms with van der Waals surface area (Å²) in [7, 11) is 1.75. The highest BCUT2D eigenvalue weighted by Gasteiger charge is 2.25. The molecule has 3 unspecified atom stereocenters. The van der Waals surface area contributed by atoms with E-state index in [1.165, 1.54) is 0 Å². The molecule has 9 heteroatoms. The van der Waals surface area contributed by atoms with Gasteiger partial charge in [-0.3, -0.25) is 19.9 Å². The lowest BCUT2D eigenvalue weighted by Gasteiger charge is -2.21. The number of benzene rings is 1. The highest BCUT2D eigenvalue weighted by atomic mass is 16.6. The summed E-state index contributed by atoms with van der Waals surface area (Å²) < 4.78 is 17.3. The molecule has 42 heavy (non-hydrogen) atoms. The van der Waals surface area contributed by atoms with Crippen molar-refractivity contribution in [3.05, 3.63) is 63.1 Å². The largest absolute Gasteiger partial charge is 0.464 e. The van der Waals surface area contributed by atoms with Crippen molar-refractivity contribution in [3.8, 4) is 0 Å². The first-order valence-electron chi connectivity index (χ1n) is 15.0. The summed E-state index contributed by atoms with van der Waals surface area (Å²) in [5, 5.41) is 13.2. The second-order valence-electron chi connectivity index (χ2n) is 11.7. The number of nitrogens with zero attached hydrogens (tertiary/aromatic N) is 2. The van der Waals surface area contributed by atoms with Crippen LogP contribution in [0.2, 0.25) is 0 Å². The number of carbonyl (C=O) groups excluding carboxylic acids is 1. The lowest BCUT2D eigenvalue weighted by Crippen LogP contribution is -2.45. The molecule has 234 valence electrons. The van der Waals surface area contributed by atoms with Gasteiger partial charge >= 0.3 is 5.97 Å². The summed E-state index contributed by atoms with van der Waals surface area (Å²) in [6, 6.07) is 7.03. The number of aromatic nitrogens is 1. The average molecular weight is 586 g/mol. The second-order valence-corrected chi connectivity index (χ2v) is 11.7. The Bertz CT molecular complexity index is 1200. The van der Waals surface area contributed by atoms with Gasteiger partial charge in [0.15, 0.2) is 0 Å². The molecule has 0 saturated carbocycles. The lowest BCUT2D eigenvalue weighted by atomic mass is 9.99. The van der Waals surface area contributed by atoms with Gasteiger partial charge in [0.2, 0.25) is 0 Å². The maximum absolute atomic E-state index is 12.4. The molecular weight excluding hydrogens is 534 g/mol. The van der Waals surface area contributed by atoms with Crippen LogP contribution < -0.4 is 10.9 Å². The molecule has 2 aromatic rings. The van der Waals surface area contributed by atoms with Gasteiger partial charge < -0.3 is 23.9 Å². The van der Waals surface area contributed by atoms with Gasteiger partial charge in [-0.25, -0.2) is 0 Å². The number of aliphatic imine (C=N–C) groups is 1. The Balaban J connectivity index is 0.000000661. The maximum Gasteiger partial charge on any atom is 0.325 e. The summed E-state index contributed by atoms with van der Waals surface area (Å²) in [4.78, 5) is 29.5. The van der Waals surface area contributed by atoms with Gasteiger partial charge in [-0.1, -0.05) is 46.8 Å². The highest BCUT2D eigenvalue weighted by molar-refractivity contribution is 6.03. The molecule has 0 amide bonds. The molecule has 0 bridgehead atoms. The number of aliphatic hydroxyl groups excluding tert-OH is 1. The summed E-state index contributed by atoms with van der Waals surface area (Å²) in [5.74, 6) is -0.0864. The number of carbonyl (C=O) groups is 1. The van der Waals surface area contributed by atoms with Crippen molar-refractivity contribution in [1.29, 1.82) is 0 Å². The molecule has 1 aromatic carbocycles. The molecule has 0 radical (unpaired) electrons. The van der Waals surface area contributed by atoms with Crippen LogP contribution in [0.5, 0.6) is 0 Å². The minimum atomic E-state index is -0.886. The maximum atomic E-state index is 12.4. The van der Waals surface area contributed by atoms with Gasteiger partial charge in [0.1, 0.15) is 6.04 Å². The number of pyridine rings is 1. The van der Waals surface area contributed by atoms with Crippen LogP contribution in [0.25, 0.3) is 0 Å². The Morgan fingerprint density at radius 2 is 1.86 bits per heavy atom.